The van der Waals surface area contributed by atoms with Crippen LogP contribution >= 0.6 is 23.2 Å². The molecule has 0 N–H and O–H groups in total. The van der Waals surface area contributed by atoms with E-state index in [1.54, 1.807) is 18.2 Å². The Morgan fingerprint density at radius 2 is 1.85 bits per heavy atom. The predicted molar refractivity (Wildman–Crippen MR) is 108 cm³/mol. The highest BCUT2D eigenvalue weighted by atomic mass is 35.5. The van der Waals surface area contributed by atoms with E-state index in [2.05, 4.69) is 6.92 Å². The van der Waals surface area contributed by atoms with Crippen molar-refractivity contribution in [1.29, 1.82) is 0 Å². The lowest BCUT2D eigenvalue weighted by molar-refractivity contribution is -0.138. The number of sulfonamides is 1. The van der Waals surface area contributed by atoms with Gasteiger partial charge < -0.3 is 4.90 Å². The molecule has 0 aromatic heterocycles. The molecule has 2 heterocycles. The van der Waals surface area contributed by atoms with Gasteiger partial charge in [-0.15, -0.1) is 0 Å². The van der Waals surface area contributed by atoms with Crippen LogP contribution in [0.1, 0.15) is 38.2 Å². The molecule has 0 radical (unpaired) electrons. The van der Waals surface area contributed by atoms with Crippen molar-refractivity contribution >= 4 is 39.1 Å². The van der Waals surface area contributed by atoms with Gasteiger partial charge in [-0.05, 0) is 49.3 Å². The quantitative estimate of drug-likeness (QED) is 0.726. The molecule has 2 aliphatic rings. The van der Waals surface area contributed by atoms with E-state index in [1.807, 2.05) is 4.90 Å². The highest BCUT2D eigenvalue weighted by molar-refractivity contribution is 7.88. The summed E-state index contributed by atoms with van der Waals surface area (Å²) in [5.74, 6) is 0.334. The molecular formula is C19H26Cl2N2O3S. The lowest BCUT2D eigenvalue weighted by atomic mass is 9.94. The molecule has 0 bridgehead atoms. The standard InChI is InChI=1S/C19H26Cl2N2O3S/c1-14-6-9-22(10-7-14)19(24)15-3-2-8-23(12-15)27(25,26)13-16-4-5-17(20)11-18(16)21/h4-5,11,14-15H,2-3,6-10,12-13H2,1H3/t15-/m1/s1. The summed E-state index contributed by atoms with van der Waals surface area (Å²) >= 11 is 12.0. The van der Waals surface area contributed by atoms with Crippen molar-refractivity contribution in [2.24, 2.45) is 11.8 Å². The van der Waals surface area contributed by atoms with E-state index >= 15 is 0 Å². The molecule has 8 heteroatoms. The van der Waals surface area contributed by atoms with Gasteiger partial charge in [-0.1, -0.05) is 36.2 Å². The topological polar surface area (TPSA) is 57.7 Å². The number of rotatable bonds is 4. The van der Waals surface area contributed by atoms with Gasteiger partial charge in [0.2, 0.25) is 15.9 Å². The maximum atomic E-state index is 12.9. The Labute approximate surface area is 171 Å². The van der Waals surface area contributed by atoms with Crippen molar-refractivity contribution in [3.63, 3.8) is 0 Å². The summed E-state index contributed by atoms with van der Waals surface area (Å²) in [6.07, 6.45) is 3.50. The van der Waals surface area contributed by atoms with Gasteiger partial charge >= 0.3 is 0 Å². The maximum Gasteiger partial charge on any atom is 0.227 e. The van der Waals surface area contributed by atoms with Gasteiger partial charge in [0.05, 0.1) is 11.7 Å². The van der Waals surface area contributed by atoms with Crippen LogP contribution in [0.25, 0.3) is 0 Å². The Morgan fingerprint density at radius 1 is 1.15 bits per heavy atom. The minimum Gasteiger partial charge on any atom is -0.342 e. The van der Waals surface area contributed by atoms with Crippen molar-refractivity contribution in [1.82, 2.24) is 9.21 Å². The number of hydrogen-bond acceptors (Lipinski definition) is 3. The van der Waals surface area contributed by atoms with E-state index in [0.29, 0.717) is 34.5 Å². The van der Waals surface area contributed by atoms with Gasteiger partial charge in [-0.2, -0.15) is 0 Å². The van der Waals surface area contributed by atoms with Crippen LogP contribution in [-0.4, -0.2) is 49.7 Å². The van der Waals surface area contributed by atoms with Gasteiger partial charge in [0.25, 0.3) is 0 Å². The number of likely N-dealkylation sites (tertiary alicyclic amines) is 1. The van der Waals surface area contributed by atoms with Crippen molar-refractivity contribution < 1.29 is 13.2 Å². The number of halogens is 2. The molecule has 0 aliphatic carbocycles. The molecule has 3 rings (SSSR count). The van der Waals surface area contributed by atoms with Crippen molar-refractivity contribution in [3.05, 3.63) is 33.8 Å². The summed E-state index contributed by atoms with van der Waals surface area (Å²) in [4.78, 5) is 14.8. The number of amides is 1. The largest absolute Gasteiger partial charge is 0.342 e. The Bertz CT molecular complexity index is 792. The molecule has 27 heavy (non-hydrogen) atoms. The van der Waals surface area contributed by atoms with Gasteiger partial charge in [-0.3, -0.25) is 4.79 Å². The number of piperidine rings is 2. The second kappa shape index (κ2) is 8.68. The highest BCUT2D eigenvalue weighted by Gasteiger charge is 2.35. The molecule has 1 aromatic carbocycles. The highest BCUT2D eigenvalue weighted by Crippen LogP contribution is 2.28. The van der Waals surface area contributed by atoms with Crippen molar-refractivity contribution in [3.8, 4) is 0 Å². The Kier molecular flexibility index (Phi) is 6.72. The molecule has 5 nitrogen and oxygen atoms in total. The van der Waals surface area contributed by atoms with Gasteiger partial charge in [0, 0.05) is 36.2 Å². The lowest BCUT2D eigenvalue weighted by Crippen LogP contribution is -2.48. The molecule has 2 fully saturated rings. The van der Waals surface area contributed by atoms with E-state index in [1.165, 1.54) is 4.31 Å². The molecule has 150 valence electrons. The molecule has 0 spiro atoms. The number of carbonyl (C=O) groups excluding carboxylic acids is 1. The van der Waals surface area contributed by atoms with Crippen LogP contribution in [-0.2, 0) is 20.6 Å². The summed E-state index contributed by atoms with van der Waals surface area (Å²) in [6.45, 7) is 4.48. The Balaban J connectivity index is 1.66. The molecular weight excluding hydrogens is 407 g/mol. The zero-order chi connectivity index (χ0) is 19.6. The van der Waals surface area contributed by atoms with Crippen LogP contribution in [0.2, 0.25) is 10.0 Å². The third-order valence-electron chi connectivity index (χ3n) is 5.58. The lowest BCUT2D eigenvalue weighted by Gasteiger charge is -2.37. The van der Waals surface area contributed by atoms with Crippen LogP contribution in [0.3, 0.4) is 0 Å². The average Bonchev–Trinajstić information content (AvgIpc) is 2.64. The first-order chi connectivity index (χ1) is 12.8. The fourth-order valence-corrected chi connectivity index (χ4v) is 6.01. The number of carbonyl (C=O) groups is 1. The van der Waals surface area contributed by atoms with E-state index in [0.717, 1.165) is 32.4 Å². The third kappa shape index (κ3) is 5.17. The van der Waals surface area contributed by atoms with E-state index in [4.69, 9.17) is 23.2 Å². The van der Waals surface area contributed by atoms with Crippen molar-refractivity contribution in [2.45, 2.75) is 38.4 Å². The first-order valence-corrected chi connectivity index (χ1v) is 11.8. The number of nitrogens with zero attached hydrogens (tertiary/aromatic N) is 2. The zero-order valence-corrected chi connectivity index (χ0v) is 17.9. The fourth-order valence-electron chi connectivity index (χ4n) is 3.81. The van der Waals surface area contributed by atoms with Crippen LogP contribution in [0.5, 0.6) is 0 Å². The summed E-state index contributed by atoms with van der Waals surface area (Å²) in [7, 11) is -3.54. The smallest absolute Gasteiger partial charge is 0.227 e. The summed E-state index contributed by atoms with van der Waals surface area (Å²) in [5.41, 5.74) is 0.527. The van der Waals surface area contributed by atoms with E-state index < -0.39 is 10.0 Å². The van der Waals surface area contributed by atoms with Crippen LogP contribution in [0.4, 0.5) is 0 Å². The first kappa shape index (κ1) is 20.9. The average molecular weight is 433 g/mol. The van der Waals surface area contributed by atoms with Crippen LogP contribution in [0, 0.1) is 11.8 Å². The van der Waals surface area contributed by atoms with E-state index in [9.17, 15) is 13.2 Å². The minimum absolute atomic E-state index is 0.103. The maximum absolute atomic E-state index is 12.9. The molecule has 1 aromatic rings. The van der Waals surface area contributed by atoms with Crippen LogP contribution in [0.15, 0.2) is 18.2 Å². The second-order valence-corrected chi connectivity index (χ2v) is 10.5. The normalized spacial score (nSPS) is 22.8. The Hall–Kier alpha value is -0.820. The third-order valence-corrected chi connectivity index (χ3v) is 7.96. The van der Waals surface area contributed by atoms with Gasteiger partial charge in [0.1, 0.15) is 0 Å². The predicted octanol–water partition coefficient (Wildman–Crippen LogP) is 3.79. The summed E-state index contributed by atoms with van der Waals surface area (Å²) in [6, 6.07) is 4.83. The molecule has 0 unspecified atom stereocenters. The summed E-state index contributed by atoms with van der Waals surface area (Å²) < 4.78 is 27.2. The van der Waals surface area contributed by atoms with Gasteiger partial charge in [-0.25, -0.2) is 12.7 Å². The fraction of sp³-hybridized carbons (Fsp3) is 0.632. The monoisotopic (exact) mass is 432 g/mol. The zero-order valence-electron chi connectivity index (χ0n) is 15.5. The van der Waals surface area contributed by atoms with E-state index in [-0.39, 0.29) is 24.1 Å². The molecule has 0 saturated carbocycles. The molecule has 2 aliphatic heterocycles. The summed E-state index contributed by atoms with van der Waals surface area (Å²) in [5, 5.41) is 0.818. The second-order valence-electron chi connectivity index (χ2n) is 7.70. The first-order valence-electron chi connectivity index (χ1n) is 9.47. The minimum atomic E-state index is -3.54. The molecule has 2 saturated heterocycles. The molecule has 1 amide bonds. The Morgan fingerprint density at radius 3 is 2.52 bits per heavy atom. The number of benzene rings is 1. The molecule has 1 atom stereocenters. The SMILES string of the molecule is CC1CCN(C(=O)[C@@H]2CCCN(S(=O)(=O)Cc3ccc(Cl)cc3Cl)C2)CC1. The van der Waals surface area contributed by atoms with Crippen molar-refractivity contribution in [2.75, 3.05) is 26.2 Å². The number of hydrogen-bond donors (Lipinski definition) is 0. The van der Waals surface area contributed by atoms with Crippen LogP contribution < -0.4 is 0 Å². The van der Waals surface area contributed by atoms with Gasteiger partial charge in [0.15, 0.2) is 0 Å².